The van der Waals surface area contributed by atoms with Crippen LogP contribution in [0, 0.1) is 0 Å². The van der Waals surface area contributed by atoms with Crippen LogP contribution in [0.5, 0.6) is 6.01 Å². The lowest BCUT2D eigenvalue weighted by Gasteiger charge is -2.34. The fraction of sp³-hybridized carbons (Fsp3) is 0.423. The number of ether oxygens (including phenoxy) is 1. The van der Waals surface area contributed by atoms with Gasteiger partial charge in [0.1, 0.15) is 11.5 Å². The molecule has 0 unspecified atom stereocenters. The Kier molecular flexibility index (Phi) is 6.84. The highest BCUT2D eigenvalue weighted by Gasteiger charge is 2.33. The standard InChI is InChI=1S/C26H30N6O4/c1-36-26-28-14-19(15-29-26)21(13-23(33)34)32-11-10-31-16-17(12-22(31)25(32)35)4-2-6-20-8-7-18-5-3-9-27-24(18)30-20/h7-8,12,14-16,21H,2-6,9-11,13H2,1H3,(H,27,30)(H,33,34)/t21-/m0/s1. The molecule has 2 aliphatic rings. The number of carboxylic acids is 1. The maximum Gasteiger partial charge on any atom is 0.316 e. The molecule has 0 saturated carbocycles. The van der Waals surface area contributed by atoms with Crippen molar-refractivity contribution in [2.45, 2.75) is 51.1 Å². The third kappa shape index (κ3) is 5.02. The molecule has 0 spiro atoms. The van der Waals surface area contributed by atoms with Crippen molar-refractivity contribution in [2.75, 3.05) is 25.5 Å². The van der Waals surface area contributed by atoms with Crippen molar-refractivity contribution in [3.63, 3.8) is 0 Å². The van der Waals surface area contributed by atoms with Gasteiger partial charge < -0.3 is 24.6 Å². The topological polar surface area (TPSA) is 122 Å². The van der Waals surface area contributed by atoms with E-state index in [9.17, 15) is 14.7 Å². The summed E-state index contributed by atoms with van der Waals surface area (Å²) in [4.78, 5) is 39.6. The second kappa shape index (κ2) is 10.3. The lowest BCUT2D eigenvalue weighted by molar-refractivity contribution is -0.138. The Morgan fingerprint density at radius 1 is 1.22 bits per heavy atom. The van der Waals surface area contributed by atoms with Crippen molar-refractivity contribution in [2.24, 2.45) is 0 Å². The number of fused-ring (bicyclic) bond motifs is 2. The van der Waals surface area contributed by atoms with Gasteiger partial charge in [-0.15, -0.1) is 0 Å². The predicted molar refractivity (Wildman–Crippen MR) is 132 cm³/mol. The molecule has 5 heterocycles. The Balaban J connectivity index is 1.26. The third-order valence-corrected chi connectivity index (χ3v) is 6.82. The number of carbonyl (C=O) groups is 2. The van der Waals surface area contributed by atoms with E-state index in [0.717, 1.165) is 55.7 Å². The molecule has 2 N–H and O–H groups in total. The van der Waals surface area contributed by atoms with E-state index in [0.29, 0.717) is 24.3 Å². The second-order valence-electron chi connectivity index (χ2n) is 9.24. The fourth-order valence-corrected chi connectivity index (χ4v) is 4.99. The Morgan fingerprint density at radius 3 is 2.83 bits per heavy atom. The predicted octanol–water partition coefficient (Wildman–Crippen LogP) is 2.89. The van der Waals surface area contributed by atoms with Crippen LogP contribution in [0.4, 0.5) is 5.82 Å². The minimum absolute atomic E-state index is 0.183. The lowest BCUT2D eigenvalue weighted by atomic mass is 10.0. The van der Waals surface area contributed by atoms with E-state index in [1.807, 2.05) is 16.8 Å². The number of carboxylic acid groups (broad SMARTS) is 1. The summed E-state index contributed by atoms with van der Waals surface area (Å²) in [7, 11) is 1.46. The zero-order valence-electron chi connectivity index (χ0n) is 20.3. The summed E-state index contributed by atoms with van der Waals surface area (Å²) in [5.41, 5.74) is 4.61. The molecule has 2 aliphatic heterocycles. The van der Waals surface area contributed by atoms with Gasteiger partial charge in [-0.25, -0.2) is 15.0 Å². The van der Waals surface area contributed by atoms with Gasteiger partial charge in [0.15, 0.2) is 0 Å². The molecule has 0 bridgehead atoms. The summed E-state index contributed by atoms with van der Waals surface area (Å²) in [5, 5.41) is 12.9. The van der Waals surface area contributed by atoms with Gasteiger partial charge in [-0.1, -0.05) is 6.07 Å². The molecule has 188 valence electrons. The summed E-state index contributed by atoms with van der Waals surface area (Å²) in [6, 6.07) is 5.76. The first-order valence-electron chi connectivity index (χ1n) is 12.3. The van der Waals surface area contributed by atoms with Crippen molar-refractivity contribution in [1.82, 2.24) is 24.4 Å². The van der Waals surface area contributed by atoms with Gasteiger partial charge in [-0.05, 0) is 55.4 Å². The van der Waals surface area contributed by atoms with Crippen molar-refractivity contribution in [3.05, 3.63) is 64.9 Å². The van der Waals surface area contributed by atoms with Crippen LogP contribution in [0.2, 0.25) is 0 Å². The number of aliphatic carboxylic acids is 1. The van der Waals surface area contributed by atoms with Gasteiger partial charge in [-0.2, -0.15) is 0 Å². The monoisotopic (exact) mass is 490 g/mol. The van der Waals surface area contributed by atoms with E-state index in [2.05, 4.69) is 27.4 Å². The van der Waals surface area contributed by atoms with E-state index in [4.69, 9.17) is 9.72 Å². The molecule has 1 atom stereocenters. The number of rotatable bonds is 9. The second-order valence-corrected chi connectivity index (χ2v) is 9.24. The molecule has 0 aromatic carbocycles. The highest BCUT2D eigenvalue weighted by atomic mass is 16.5. The smallest absolute Gasteiger partial charge is 0.316 e. The molecular formula is C26H30N6O4. The molecule has 3 aromatic heterocycles. The summed E-state index contributed by atoms with van der Waals surface area (Å²) in [6.45, 7) is 1.99. The van der Waals surface area contributed by atoms with Gasteiger partial charge >= 0.3 is 12.0 Å². The van der Waals surface area contributed by atoms with Gasteiger partial charge in [0, 0.05) is 49.5 Å². The highest BCUT2D eigenvalue weighted by molar-refractivity contribution is 5.94. The SMILES string of the molecule is COc1ncc([C@H](CC(=O)O)N2CCn3cc(CCCc4ccc5c(n4)NCCC5)cc3C2=O)cn1. The highest BCUT2D eigenvalue weighted by Crippen LogP contribution is 2.29. The number of methoxy groups -OCH3 is 1. The molecule has 0 aliphatic carbocycles. The molecule has 5 rings (SSSR count). The molecule has 10 nitrogen and oxygen atoms in total. The number of amides is 1. The average molecular weight is 491 g/mol. The van der Waals surface area contributed by atoms with Crippen molar-refractivity contribution in [3.8, 4) is 6.01 Å². The zero-order valence-corrected chi connectivity index (χ0v) is 20.3. The largest absolute Gasteiger partial charge is 0.481 e. The average Bonchev–Trinajstić information content (AvgIpc) is 3.32. The number of pyridine rings is 1. The van der Waals surface area contributed by atoms with Crippen LogP contribution in [-0.2, 0) is 30.6 Å². The number of anilines is 1. The minimum Gasteiger partial charge on any atom is -0.481 e. The van der Waals surface area contributed by atoms with E-state index in [1.165, 1.54) is 25.1 Å². The van der Waals surface area contributed by atoms with Gasteiger partial charge in [0.25, 0.3) is 5.91 Å². The van der Waals surface area contributed by atoms with Crippen molar-refractivity contribution in [1.29, 1.82) is 0 Å². The number of carbonyl (C=O) groups excluding carboxylic acids is 1. The fourth-order valence-electron chi connectivity index (χ4n) is 4.99. The molecule has 0 saturated heterocycles. The molecular weight excluding hydrogens is 460 g/mol. The lowest BCUT2D eigenvalue weighted by Crippen LogP contribution is -2.43. The molecule has 1 amide bonds. The summed E-state index contributed by atoms with van der Waals surface area (Å²) >= 11 is 0. The number of aromatic nitrogens is 4. The van der Waals surface area contributed by atoms with Gasteiger partial charge in [0.05, 0.1) is 19.6 Å². The Labute approximate surface area is 209 Å². The summed E-state index contributed by atoms with van der Waals surface area (Å²) in [5.74, 6) is -0.157. The number of nitrogens with zero attached hydrogens (tertiary/aromatic N) is 5. The molecule has 36 heavy (non-hydrogen) atoms. The van der Waals surface area contributed by atoms with Crippen molar-refractivity contribution < 1.29 is 19.4 Å². The van der Waals surface area contributed by atoms with Crippen LogP contribution < -0.4 is 10.1 Å². The van der Waals surface area contributed by atoms with E-state index >= 15 is 0 Å². The third-order valence-electron chi connectivity index (χ3n) is 6.82. The maximum atomic E-state index is 13.4. The summed E-state index contributed by atoms with van der Waals surface area (Å²) in [6.07, 6.45) is 9.72. The van der Waals surface area contributed by atoms with Crippen LogP contribution >= 0.6 is 0 Å². The van der Waals surface area contributed by atoms with E-state index in [-0.39, 0.29) is 18.3 Å². The first-order chi connectivity index (χ1) is 17.5. The van der Waals surface area contributed by atoms with Gasteiger partial charge in [-0.3, -0.25) is 9.59 Å². The maximum absolute atomic E-state index is 13.4. The van der Waals surface area contributed by atoms with E-state index < -0.39 is 12.0 Å². The molecule has 0 fully saturated rings. The van der Waals surface area contributed by atoms with E-state index in [1.54, 1.807) is 4.90 Å². The Hall–Kier alpha value is -3.95. The number of hydrogen-bond acceptors (Lipinski definition) is 7. The normalized spacial score (nSPS) is 15.6. The Bertz CT molecular complexity index is 1260. The zero-order chi connectivity index (χ0) is 25.1. The Morgan fingerprint density at radius 2 is 2.06 bits per heavy atom. The number of hydrogen-bond donors (Lipinski definition) is 2. The van der Waals surface area contributed by atoms with Crippen LogP contribution in [-0.4, -0.2) is 61.6 Å². The quantitative estimate of drug-likeness (QED) is 0.470. The molecule has 0 radical (unpaired) electrons. The van der Waals surface area contributed by atoms with Crippen molar-refractivity contribution >= 4 is 17.7 Å². The van der Waals surface area contributed by atoms with Crippen LogP contribution in [0.1, 0.15) is 58.2 Å². The number of nitrogens with one attached hydrogen (secondary N) is 1. The molecule has 10 heteroatoms. The first kappa shape index (κ1) is 23.8. The first-order valence-corrected chi connectivity index (χ1v) is 12.3. The van der Waals surface area contributed by atoms with Gasteiger partial charge in [0.2, 0.25) is 0 Å². The van der Waals surface area contributed by atoms with Crippen LogP contribution in [0.3, 0.4) is 0 Å². The van der Waals surface area contributed by atoms with Crippen LogP contribution in [0.25, 0.3) is 0 Å². The minimum atomic E-state index is -0.990. The summed E-state index contributed by atoms with van der Waals surface area (Å²) < 4.78 is 6.97. The molecule has 3 aromatic rings. The number of aryl methyl sites for hydroxylation is 3. The van der Waals surface area contributed by atoms with Crippen LogP contribution in [0.15, 0.2) is 36.8 Å².